The Morgan fingerprint density at radius 3 is 2.37 bits per heavy atom. The van der Waals surface area contributed by atoms with Crippen LogP contribution in [0, 0.1) is 0 Å². The Hall–Kier alpha value is -3.36. The van der Waals surface area contributed by atoms with E-state index in [-0.39, 0.29) is 0 Å². The second-order valence-corrected chi connectivity index (χ2v) is 8.48. The van der Waals surface area contributed by atoms with Crippen molar-refractivity contribution in [3.63, 3.8) is 0 Å². The van der Waals surface area contributed by atoms with Crippen molar-refractivity contribution in [2.75, 3.05) is 0 Å². The topological polar surface area (TPSA) is 25.2 Å². The fourth-order valence-electron chi connectivity index (χ4n) is 5.36. The van der Waals surface area contributed by atoms with Crippen LogP contribution in [0.4, 0.5) is 0 Å². The van der Waals surface area contributed by atoms with Gasteiger partial charge in [0.15, 0.2) is 0 Å². The van der Waals surface area contributed by atoms with E-state index in [1.807, 2.05) is 24.3 Å². The lowest BCUT2D eigenvalue weighted by Gasteiger charge is -2.36. The van der Waals surface area contributed by atoms with E-state index < -0.39 is 5.60 Å². The second-order valence-electron chi connectivity index (χ2n) is 8.48. The Labute approximate surface area is 176 Å². The van der Waals surface area contributed by atoms with Crippen LogP contribution in [-0.4, -0.2) is 9.67 Å². The summed E-state index contributed by atoms with van der Waals surface area (Å²) in [6, 6.07) is 31.7. The molecular weight excluding hydrogens is 366 g/mol. The van der Waals surface area contributed by atoms with Crippen LogP contribution in [0.1, 0.15) is 16.7 Å². The third-order valence-corrected chi connectivity index (χ3v) is 6.71. The van der Waals surface area contributed by atoms with Crippen molar-refractivity contribution in [3.05, 3.63) is 108 Å². The minimum absolute atomic E-state index is 0.603. The minimum Gasteiger partial charge on any atom is -0.384 e. The first-order valence-electron chi connectivity index (χ1n) is 10.5. The van der Waals surface area contributed by atoms with Crippen LogP contribution in [0.3, 0.4) is 0 Å². The summed E-state index contributed by atoms with van der Waals surface area (Å²) in [5, 5.41) is 14.6. The van der Waals surface area contributed by atoms with Gasteiger partial charge in [-0.15, -0.1) is 0 Å². The molecule has 5 aromatic rings. The van der Waals surface area contributed by atoms with Crippen molar-refractivity contribution in [3.8, 4) is 11.1 Å². The number of hydrogen-bond acceptors (Lipinski definition) is 1. The fourth-order valence-corrected chi connectivity index (χ4v) is 5.36. The average molecular weight is 389 g/mol. The highest BCUT2D eigenvalue weighted by Gasteiger charge is 2.38. The summed E-state index contributed by atoms with van der Waals surface area (Å²) in [6.45, 7) is 0. The minimum atomic E-state index is -0.934. The monoisotopic (exact) mass is 389 g/mol. The smallest absolute Gasteiger partial charge is 0.0983 e. The lowest BCUT2D eigenvalue weighted by molar-refractivity contribution is 0.0365. The molecule has 0 radical (unpaired) electrons. The molecule has 1 aromatic heterocycles. The summed E-state index contributed by atoms with van der Waals surface area (Å²) in [5.41, 5.74) is 7.34. The lowest BCUT2D eigenvalue weighted by Crippen LogP contribution is -2.34. The van der Waals surface area contributed by atoms with Crippen LogP contribution in [0.2, 0.25) is 0 Å². The van der Waals surface area contributed by atoms with Crippen molar-refractivity contribution in [1.29, 1.82) is 0 Å². The van der Waals surface area contributed by atoms with E-state index in [4.69, 9.17) is 0 Å². The maximum atomic E-state index is 12.1. The summed E-state index contributed by atoms with van der Waals surface area (Å²) in [5.74, 6) is 0. The van der Waals surface area contributed by atoms with Gasteiger partial charge in [0.1, 0.15) is 0 Å². The number of aryl methyl sites for hydroxylation is 1. The van der Waals surface area contributed by atoms with Crippen molar-refractivity contribution < 1.29 is 5.11 Å². The van der Waals surface area contributed by atoms with Crippen molar-refractivity contribution >= 4 is 21.8 Å². The molecule has 1 aliphatic carbocycles. The Morgan fingerprint density at radius 1 is 0.767 bits per heavy atom. The molecule has 0 saturated carbocycles. The number of aromatic nitrogens is 1. The van der Waals surface area contributed by atoms with E-state index in [1.165, 1.54) is 32.9 Å². The molecule has 2 nitrogen and oxygen atoms in total. The van der Waals surface area contributed by atoms with Gasteiger partial charge in [-0.2, -0.15) is 0 Å². The molecular formula is C28H23NO. The summed E-state index contributed by atoms with van der Waals surface area (Å²) in [7, 11) is 2.13. The first-order chi connectivity index (χ1) is 14.7. The lowest BCUT2D eigenvalue weighted by atomic mass is 9.72. The van der Waals surface area contributed by atoms with Crippen LogP contribution < -0.4 is 0 Å². The van der Waals surface area contributed by atoms with Crippen molar-refractivity contribution in [2.24, 2.45) is 7.05 Å². The number of rotatable bonds is 2. The summed E-state index contributed by atoms with van der Waals surface area (Å²) >= 11 is 0. The molecule has 0 bridgehead atoms. The highest BCUT2D eigenvalue weighted by atomic mass is 16.3. The third-order valence-electron chi connectivity index (χ3n) is 6.71. The largest absolute Gasteiger partial charge is 0.384 e. The van der Waals surface area contributed by atoms with Gasteiger partial charge in [-0.05, 0) is 39.9 Å². The Bertz CT molecular complexity index is 1410. The molecule has 1 aliphatic rings. The number of fused-ring (bicyclic) bond motifs is 7. The van der Waals surface area contributed by atoms with Crippen LogP contribution in [0.15, 0.2) is 91.0 Å². The highest BCUT2D eigenvalue weighted by molar-refractivity contribution is 6.12. The predicted octanol–water partition coefficient (Wildman–Crippen LogP) is 5.98. The zero-order valence-corrected chi connectivity index (χ0v) is 17.0. The molecule has 4 aromatic carbocycles. The summed E-state index contributed by atoms with van der Waals surface area (Å²) in [4.78, 5) is 0. The summed E-state index contributed by atoms with van der Waals surface area (Å²) < 4.78 is 2.27. The SMILES string of the molecule is Cn1c2ccccc2c2c3c(ccc21)-c1ccccc1C(O)(Cc1ccccc1)C3. The summed E-state index contributed by atoms with van der Waals surface area (Å²) in [6.07, 6.45) is 1.21. The molecule has 0 fully saturated rings. The molecule has 0 saturated heterocycles. The van der Waals surface area contributed by atoms with Gasteiger partial charge in [0.25, 0.3) is 0 Å². The van der Waals surface area contributed by atoms with Crippen LogP contribution >= 0.6 is 0 Å². The zero-order chi connectivity index (χ0) is 20.3. The Morgan fingerprint density at radius 2 is 1.50 bits per heavy atom. The fraction of sp³-hybridized carbons (Fsp3) is 0.143. The first-order valence-corrected chi connectivity index (χ1v) is 10.5. The Kier molecular flexibility index (Phi) is 3.68. The molecule has 0 amide bonds. The van der Waals surface area contributed by atoms with Crippen LogP contribution in [0.25, 0.3) is 32.9 Å². The number of para-hydroxylation sites is 1. The normalized spacial score (nSPS) is 17.8. The van der Waals surface area contributed by atoms with Crippen molar-refractivity contribution in [1.82, 2.24) is 4.57 Å². The van der Waals surface area contributed by atoms with E-state index in [1.54, 1.807) is 0 Å². The van der Waals surface area contributed by atoms with Crippen molar-refractivity contribution in [2.45, 2.75) is 18.4 Å². The van der Waals surface area contributed by atoms with Crippen LogP contribution in [0.5, 0.6) is 0 Å². The van der Waals surface area contributed by atoms with Gasteiger partial charge in [-0.25, -0.2) is 0 Å². The van der Waals surface area contributed by atoms with Gasteiger partial charge in [0.05, 0.1) is 5.60 Å². The molecule has 6 rings (SSSR count). The highest BCUT2D eigenvalue weighted by Crippen LogP contribution is 2.47. The molecule has 146 valence electrons. The van der Waals surface area contributed by atoms with E-state index in [2.05, 4.69) is 78.3 Å². The molecule has 2 heteroatoms. The van der Waals surface area contributed by atoms with Gasteiger partial charge in [0.2, 0.25) is 0 Å². The standard InChI is InChI=1S/C28H23NO/c1-29-25-14-8-6-12-22(25)27-23-18-28(30,17-19-9-3-2-4-10-19)24-13-7-5-11-21(24)20(23)15-16-26(27)29/h2-16,30H,17-18H2,1H3. The third kappa shape index (κ3) is 2.41. The van der Waals surface area contributed by atoms with Gasteiger partial charge in [0, 0.05) is 41.7 Å². The molecule has 0 spiro atoms. The number of aliphatic hydroxyl groups is 1. The quantitative estimate of drug-likeness (QED) is 0.394. The molecule has 1 atom stereocenters. The van der Waals surface area contributed by atoms with Gasteiger partial charge >= 0.3 is 0 Å². The van der Waals surface area contributed by atoms with Crippen LogP contribution in [-0.2, 0) is 25.5 Å². The predicted molar refractivity (Wildman–Crippen MR) is 124 cm³/mol. The maximum absolute atomic E-state index is 12.1. The maximum Gasteiger partial charge on any atom is 0.0983 e. The molecule has 0 aliphatic heterocycles. The number of hydrogen-bond donors (Lipinski definition) is 1. The molecule has 1 heterocycles. The van der Waals surface area contributed by atoms with Gasteiger partial charge in [-0.1, -0.05) is 78.9 Å². The molecule has 1 unspecified atom stereocenters. The van der Waals surface area contributed by atoms with E-state index in [0.29, 0.717) is 12.8 Å². The molecule has 1 N–H and O–H groups in total. The zero-order valence-electron chi connectivity index (χ0n) is 17.0. The number of benzene rings is 4. The van der Waals surface area contributed by atoms with Gasteiger partial charge in [-0.3, -0.25) is 0 Å². The second kappa shape index (κ2) is 6.32. The average Bonchev–Trinajstić information content (AvgIpc) is 3.07. The van der Waals surface area contributed by atoms with E-state index in [0.717, 1.165) is 16.7 Å². The first kappa shape index (κ1) is 17.5. The number of nitrogens with zero attached hydrogens (tertiary/aromatic N) is 1. The Balaban J connectivity index is 1.66. The van der Waals surface area contributed by atoms with E-state index in [9.17, 15) is 5.11 Å². The van der Waals surface area contributed by atoms with E-state index >= 15 is 0 Å². The van der Waals surface area contributed by atoms with Gasteiger partial charge < -0.3 is 9.67 Å². The molecule has 30 heavy (non-hydrogen) atoms.